The third kappa shape index (κ3) is 7.66. The number of hydrazine groups is 1. The first-order valence-corrected chi connectivity index (χ1v) is 13.8. The summed E-state index contributed by atoms with van der Waals surface area (Å²) in [4.78, 5) is 28.7. The molecule has 0 saturated carbocycles. The van der Waals surface area contributed by atoms with Crippen LogP contribution in [0.4, 0.5) is 11.8 Å². The number of carbonyl (C=O) groups excluding carboxylic acids is 1. The Morgan fingerprint density at radius 1 is 1.18 bits per heavy atom. The van der Waals surface area contributed by atoms with Crippen LogP contribution in [-0.4, -0.2) is 93.0 Å². The third-order valence-electron chi connectivity index (χ3n) is 7.26. The number of aromatic nitrogens is 4. The van der Waals surface area contributed by atoms with Crippen molar-refractivity contribution < 1.29 is 4.79 Å². The molecule has 1 saturated heterocycles. The summed E-state index contributed by atoms with van der Waals surface area (Å²) in [5, 5.41) is 14.9. The molecule has 1 amide bonds. The van der Waals surface area contributed by atoms with Crippen LogP contribution in [0.15, 0.2) is 53.3 Å². The number of nitrogens with one attached hydrogen (secondary N) is 3. The predicted octanol–water partition coefficient (Wildman–Crippen LogP) is 2.93. The van der Waals surface area contributed by atoms with Gasteiger partial charge in [-0.25, -0.2) is 20.0 Å². The molecule has 1 fully saturated rings. The summed E-state index contributed by atoms with van der Waals surface area (Å²) in [6.45, 7) is 14.6. The van der Waals surface area contributed by atoms with Crippen LogP contribution in [0.25, 0.3) is 5.82 Å². The smallest absolute Gasteiger partial charge is 0.228 e. The number of anilines is 2. The summed E-state index contributed by atoms with van der Waals surface area (Å²) in [6.07, 6.45) is 9.81. The Balaban J connectivity index is 1.41. The average Bonchev–Trinajstić information content (AvgIpc) is 3.37. The first kappa shape index (κ1) is 29.2. The summed E-state index contributed by atoms with van der Waals surface area (Å²) >= 11 is 0. The van der Waals surface area contributed by atoms with Gasteiger partial charge in [-0.3, -0.25) is 14.4 Å². The second-order valence-corrected chi connectivity index (χ2v) is 11.5. The van der Waals surface area contributed by atoms with Gasteiger partial charge in [0.25, 0.3) is 0 Å². The van der Waals surface area contributed by atoms with E-state index < -0.39 is 0 Å². The number of hydrogen-bond donors (Lipinski definition) is 3. The standard InChI is InChI=1S/C28H43N11O/c1-20-8-9-22(26(40)32-19-37(7)34-21(2)28(3,4)5)16-23(20)33-27-29-10-11-39(27)25-17-24(30-18-31-25)35-38-14-12-36(6)13-15-38/h8,10-11,16-18,22H,9,12-15,19H2,1-7H3,(H,29,33)(H,32,40)(H,30,31,35)/b34-21+. The highest BCUT2D eigenvalue weighted by Gasteiger charge is 2.22. The molecule has 1 aliphatic heterocycles. The van der Waals surface area contributed by atoms with Gasteiger partial charge in [0.05, 0.1) is 5.92 Å². The fourth-order valence-electron chi connectivity index (χ4n) is 4.22. The number of imidazole rings is 1. The van der Waals surface area contributed by atoms with Crippen molar-refractivity contribution in [3.8, 4) is 5.82 Å². The molecule has 1 aliphatic carbocycles. The number of nitrogens with zero attached hydrogens (tertiary/aromatic N) is 8. The van der Waals surface area contributed by atoms with Gasteiger partial charge in [-0.1, -0.05) is 26.8 Å². The van der Waals surface area contributed by atoms with Crippen LogP contribution in [-0.2, 0) is 4.79 Å². The van der Waals surface area contributed by atoms with Crippen molar-refractivity contribution in [2.45, 2.75) is 41.0 Å². The molecule has 0 spiro atoms. The van der Waals surface area contributed by atoms with Crippen LogP contribution in [0.5, 0.6) is 0 Å². The van der Waals surface area contributed by atoms with Gasteiger partial charge in [0.2, 0.25) is 11.9 Å². The van der Waals surface area contributed by atoms with Crippen LogP contribution in [0.3, 0.4) is 0 Å². The van der Waals surface area contributed by atoms with E-state index in [9.17, 15) is 4.79 Å². The molecule has 2 aromatic heterocycles. The summed E-state index contributed by atoms with van der Waals surface area (Å²) in [5.74, 6) is 1.68. The minimum atomic E-state index is -0.297. The number of carbonyl (C=O) groups is 1. The highest BCUT2D eigenvalue weighted by atomic mass is 16.2. The number of hydrazone groups is 1. The van der Waals surface area contributed by atoms with Gasteiger partial charge in [-0.05, 0) is 39.0 Å². The maximum atomic E-state index is 13.0. The van der Waals surface area contributed by atoms with E-state index in [4.69, 9.17) is 0 Å². The van der Waals surface area contributed by atoms with Crippen molar-refractivity contribution in [2.75, 3.05) is 57.7 Å². The molecule has 2 aromatic rings. The molecular formula is C28H43N11O. The van der Waals surface area contributed by atoms with Gasteiger partial charge in [-0.15, -0.1) is 0 Å². The van der Waals surface area contributed by atoms with Gasteiger partial charge in [-0.2, -0.15) is 5.10 Å². The maximum Gasteiger partial charge on any atom is 0.228 e. The number of piperazine rings is 1. The number of hydrogen-bond acceptors (Lipinski definition) is 10. The van der Waals surface area contributed by atoms with E-state index >= 15 is 0 Å². The molecule has 0 aromatic carbocycles. The predicted molar refractivity (Wildman–Crippen MR) is 159 cm³/mol. The molecule has 0 bridgehead atoms. The molecule has 12 heteroatoms. The van der Waals surface area contributed by atoms with Crippen LogP contribution < -0.4 is 16.1 Å². The van der Waals surface area contributed by atoms with Crippen molar-refractivity contribution in [1.29, 1.82) is 0 Å². The molecule has 40 heavy (non-hydrogen) atoms. The minimum absolute atomic E-state index is 0.0204. The molecule has 4 rings (SSSR count). The van der Waals surface area contributed by atoms with E-state index in [-0.39, 0.29) is 17.2 Å². The zero-order chi connectivity index (χ0) is 28.9. The Hall–Kier alpha value is -3.77. The molecule has 3 heterocycles. The summed E-state index contributed by atoms with van der Waals surface area (Å²) in [7, 11) is 3.99. The number of allylic oxidation sites excluding steroid dienone is 2. The summed E-state index contributed by atoms with van der Waals surface area (Å²) in [5.41, 5.74) is 6.28. The Morgan fingerprint density at radius 3 is 2.65 bits per heavy atom. The van der Waals surface area contributed by atoms with Crippen LogP contribution in [0.2, 0.25) is 0 Å². The highest BCUT2D eigenvalue weighted by Crippen LogP contribution is 2.25. The van der Waals surface area contributed by atoms with Crippen molar-refractivity contribution in [3.63, 3.8) is 0 Å². The number of likely N-dealkylation sites (N-methyl/N-ethyl adjacent to an activating group) is 1. The summed E-state index contributed by atoms with van der Waals surface area (Å²) in [6, 6.07) is 1.90. The second kappa shape index (κ2) is 12.6. The van der Waals surface area contributed by atoms with Gasteiger partial charge >= 0.3 is 0 Å². The Bertz CT molecular complexity index is 1270. The lowest BCUT2D eigenvalue weighted by atomic mass is 9.91. The van der Waals surface area contributed by atoms with Gasteiger partial charge in [0.1, 0.15) is 24.6 Å². The Kier molecular flexibility index (Phi) is 9.21. The number of amides is 1. The lowest BCUT2D eigenvalue weighted by molar-refractivity contribution is -0.124. The quantitative estimate of drug-likeness (QED) is 0.246. The second-order valence-electron chi connectivity index (χ2n) is 11.5. The molecular weight excluding hydrogens is 506 g/mol. The van der Waals surface area contributed by atoms with Crippen LogP contribution in [0.1, 0.15) is 41.0 Å². The minimum Gasteiger partial charge on any atom is -0.337 e. The largest absolute Gasteiger partial charge is 0.337 e. The first-order valence-electron chi connectivity index (χ1n) is 13.8. The average molecular weight is 550 g/mol. The first-order chi connectivity index (χ1) is 19.0. The van der Waals surface area contributed by atoms with Crippen molar-refractivity contribution in [2.24, 2.45) is 16.4 Å². The van der Waals surface area contributed by atoms with Gasteiger partial charge < -0.3 is 21.0 Å². The Morgan fingerprint density at radius 2 is 1.93 bits per heavy atom. The molecule has 3 N–H and O–H groups in total. The molecule has 216 valence electrons. The molecule has 12 nitrogen and oxygen atoms in total. The maximum absolute atomic E-state index is 13.0. The zero-order valence-electron chi connectivity index (χ0n) is 24.8. The molecule has 1 unspecified atom stereocenters. The van der Waals surface area contributed by atoms with E-state index in [0.717, 1.165) is 49.0 Å². The normalized spacial score (nSPS) is 19.1. The van der Waals surface area contributed by atoms with Crippen molar-refractivity contribution in [3.05, 3.63) is 48.2 Å². The lowest BCUT2D eigenvalue weighted by Gasteiger charge is -2.32. The fourth-order valence-corrected chi connectivity index (χ4v) is 4.22. The Labute approximate surface area is 237 Å². The van der Waals surface area contributed by atoms with Gasteiger partial charge in [0.15, 0.2) is 0 Å². The van der Waals surface area contributed by atoms with E-state index in [1.165, 1.54) is 0 Å². The van der Waals surface area contributed by atoms with E-state index in [1.807, 2.05) is 43.8 Å². The molecule has 2 aliphatic rings. The van der Waals surface area contributed by atoms with Crippen molar-refractivity contribution in [1.82, 2.24) is 39.8 Å². The summed E-state index contributed by atoms with van der Waals surface area (Å²) < 4.78 is 1.87. The van der Waals surface area contributed by atoms with E-state index in [0.29, 0.717) is 24.9 Å². The highest BCUT2D eigenvalue weighted by molar-refractivity contribution is 5.86. The lowest BCUT2D eigenvalue weighted by Crippen LogP contribution is -2.47. The fraction of sp³-hybridized carbons (Fsp3) is 0.536. The monoisotopic (exact) mass is 549 g/mol. The zero-order valence-corrected chi connectivity index (χ0v) is 24.8. The van der Waals surface area contributed by atoms with Crippen LogP contribution in [0, 0.1) is 11.3 Å². The van der Waals surface area contributed by atoms with Gasteiger partial charge in [0, 0.05) is 68.5 Å². The van der Waals surface area contributed by atoms with Crippen molar-refractivity contribution >= 4 is 23.4 Å². The molecule has 1 atom stereocenters. The molecule has 0 radical (unpaired) electrons. The topological polar surface area (TPSA) is 119 Å². The SMILES string of the molecule is CC1=CCC(C(=O)NCN(C)/N=C(\C)C(C)(C)C)C=C1Nc1nccn1-c1cc(NN2CCN(C)CC2)ncn1. The van der Waals surface area contributed by atoms with E-state index in [1.54, 1.807) is 17.5 Å². The van der Waals surface area contributed by atoms with Crippen LogP contribution >= 0.6 is 0 Å². The third-order valence-corrected chi connectivity index (χ3v) is 7.26. The number of rotatable bonds is 9. The van der Waals surface area contributed by atoms with E-state index in [2.05, 4.69) is 79.9 Å².